The highest BCUT2D eigenvalue weighted by Crippen LogP contribution is 2.44. The van der Waals surface area contributed by atoms with Crippen LogP contribution in [0, 0.1) is 0 Å². The number of alkyl halides is 2. The minimum atomic E-state index is -3.20. The van der Waals surface area contributed by atoms with Gasteiger partial charge in [0.1, 0.15) is 0 Å². The Hall–Kier alpha value is -2.37. The third-order valence-electron chi connectivity index (χ3n) is 2.82. The van der Waals surface area contributed by atoms with Crippen LogP contribution in [-0.4, -0.2) is 26.1 Å². The van der Waals surface area contributed by atoms with Crippen LogP contribution in [-0.2, 0) is 4.74 Å². The molecule has 0 unspecified atom stereocenters. The highest BCUT2D eigenvalue weighted by atomic mass is 19.3. The molecule has 0 aromatic heterocycles. The molecular formula is C14H12F2O4. The van der Waals surface area contributed by atoms with Gasteiger partial charge in [-0.05, 0) is 24.3 Å². The fraction of sp³-hybridized carbons (Fsp3) is 0.214. The first-order valence-electron chi connectivity index (χ1n) is 5.63. The molecule has 0 amide bonds. The summed E-state index contributed by atoms with van der Waals surface area (Å²) in [4.78, 5) is 11.4. The molecule has 0 fully saturated rings. The Bertz CT molecular complexity index is 605. The fourth-order valence-electron chi connectivity index (χ4n) is 1.63. The number of hydrogen-bond acceptors (Lipinski definition) is 4. The van der Waals surface area contributed by atoms with Crippen molar-refractivity contribution in [2.75, 3.05) is 14.2 Å². The zero-order chi connectivity index (χ0) is 14.9. The first-order chi connectivity index (χ1) is 9.40. The lowest BCUT2D eigenvalue weighted by Crippen LogP contribution is -2.32. The molecule has 0 heterocycles. The molecule has 0 N–H and O–H groups in total. The van der Waals surface area contributed by atoms with E-state index in [1.807, 2.05) is 0 Å². The Kier molecular flexibility index (Phi) is 3.48. The summed E-state index contributed by atoms with van der Waals surface area (Å²) in [7, 11) is 2.59. The lowest BCUT2D eigenvalue weighted by atomic mass is 9.97. The molecule has 6 heteroatoms. The second kappa shape index (κ2) is 4.96. The summed E-state index contributed by atoms with van der Waals surface area (Å²) in [6, 6.07) is 4.17. The maximum atomic E-state index is 13.4. The highest BCUT2D eigenvalue weighted by Gasteiger charge is 2.47. The van der Waals surface area contributed by atoms with E-state index in [1.165, 1.54) is 32.4 Å². The molecule has 0 radical (unpaired) electrons. The third-order valence-corrected chi connectivity index (χ3v) is 2.82. The van der Waals surface area contributed by atoms with Gasteiger partial charge in [-0.15, -0.1) is 0 Å². The van der Waals surface area contributed by atoms with Crippen LogP contribution in [0.25, 0.3) is 0 Å². The molecule has 1 aliphatic rings. The van der Waals surface area contributed by atoms with E-state index in [2.05, 4.69) is 11.3 Å². The lowest BCUT2D eigenvalue weighted by Gasteiger charge is -2.28. The zero-order valence-electron chi connectivity index (χ0n) is 10.9. The Labute approximate surface area is 114 Å². The van der Waals surface area contributed by atoms with E-state index in [4.69, 9.17) is 9.47 Å². The number of methoxy groups -OCH3 is 2. The summed E-state index contributed by atoms with van der Waals surface area (Å²) >= 11 is 0. The maximum absolute atomic E-state index is 13.4. The van der Waals surface area contributed by atoms with Gasteiger partial charge in [0, 0.05) is 5.57 Å². The molecule has 4 nitrogen and oxygen atoms in total. The average Bonchev–Trinajstić information content (AvgIpc) is 2.46. The summed E-state index contributed by atoms with van der Waals surface area (Å²) in [5.41, 5.74) is -0.152. The van der Waals surface area contributed by atoms with Crippen LogP contribution in [0.15, 0.2) is 42.2 Å². The Balaban J connectivity index is 2.33. The van der Waals surface area contributed by atoms with Crippen molar-refractivity contribution in [1.29, 1.82) is 0 Å². The monoisotopic (exact) mass is 282 g/mol. The van der Waals surface area contributed by atoms with Crippen LogP contribution in [0.3, 0.4) is 0 Å². The van der Waals surface area contributed by atoms with Crippen LogP contribution in [0.4, 0.5) is 8.78 Å². The van der Waals surface area contributed by atoms with Crippen molar-refractivity contribution in [2.24, 2.45) is 0 Å². The molecule has 0 saturated heterocycles. The highest BCUT2D eigenvalue weighted by molar-refractivity contribution is 5.90. The Morgan fingerprint density at radius 2 is 1.95 bits per heavy atom. The third kappa shape index (κ3) is 2.24. The van der Waals surface area contributed by atoms with Crippen LogP contribution in [0.1, 0.15) is 10.4 Å². The van der Waals surface area contributed by atoms with Crippen LogP contribution < -0.4 is 9.47 Å². The van der Waals surface area contributed by atoms with Crippen molar-refractivity contribution in [3.63, 3.8) is 0 Å². The number of ether oxygens (including phenoxy) is 3. The summed E-state index contributed by atoms with van der Waals surface area (Å²) < 4.78 is 41.5. The molecule has 0 saturated carbocycles. The first kappa shape index (κ1) is 14.0. The lowest BCUT2D eigenvalue weighted by molar-refractivity contribution is 0.0281. The summed E-state index contributed by atoms with van der Waals surface area (Å²) in [6.45, 7) is 3.19. The summed E-state index contributed by atoms with van der Waals surface area (Å²) in [5, 5.41) is 0. The van der Waals surface area contributed by atoms with Gasteiger partial charge >= 0.3 is 11.9 Å². The van der Waals surface area contributed by atoms with Gasteiger partial charge in [0.15, 0.2) is 17.3 Å². The normalized spacial score (nSPS) is 16.0. The van der Waals surface area contributed by atoms with E-state index in [9.17, 15) is 13.6 Å². The molecule has 1 aromatic rings. The quantitative estimate of drug-likeness (QED) is 0.796. The van der Waals surface area contributed by atoms with Crippen molar-refractivity contribution in [3.05, 3.63) is 47.7 Å². The van der Waals surface area contributed by atoms with Gasteiger partial charge < -0.3 is 14.2 Å². The van der Waals surface area contributed by atoms with Gasteiger partial charge in [0.25, 0.3) is 0 Å². The van der Waals surface area contributed by atoms with Crippen molar-refractivity contribution in [3.8, 4) is 11.5 Å². The number of rotatable bonds is 4. The van der Waals surface area contributed by atoms with E-state index in [-0.39, 0.29) is 22.6 Å². The number of esters is 1. The topological polar surface area (TPSA) is 44.8 Å². The summed E-state index contributed by atoms with van der Waals surface area (Å²) in [5.74, 6) is -4.11. The predicted molar refractivity (Wildman–Crippen MR) is 67.1 cm³/mol. The number of carbonyl (C=O) groups is 1. The van der Waals surface area contributed by atoms with E-state index in [1.54, 1.807) is 0 Å². The molecule has 1 aliphatic carbocycles. The van der Waals surface area contributed by atoms with Gasteiger partial charge in [0.05, 0.1) is 19.8 Å². The SMILES string of the molecule is C=C1C=C(Oc2cc(C(=O)OC)ccc2OC)C1(F)F. The second-order valence-electron chi connectivity index (χ2n) is 4.07. The first-order valence-corrected chi connectivity index (χ1v) is 5.63. The van der Waals surface area contributed by atoms with E-state index in [0.717, 1.165) is 6.08 Å². The van der Waals surface area contributed by atoms with Crippen molar-refractivity contribution in [2.45, 2.75) is 5.92 Å². The number of allylic oxidation sites excluding steroid dienone is 2. The van der Waals surface area contributed by atoms with Gasteiger partial charge in [-0.3, -0.25) is 0 Å². The number of hydrogen-bond donors (Lipinski definition) is 0. The van der Waals surface area contributed by atoms with Gasteiger partial charge in [-0.2, -0.15) is 8.78 Å². The number of halogens is 2. The van der Waals surface area contributed by atoms with Crippen molar-refractivity contribution < 1.29 is 27.8 Å². The maximum Gasteiger partial charge on any atom is 0.337 e. The molecule has 0 atom stereocenters. The molecule has 0 spiro atoms. The van der Waals surface area contributed by atoms with E-state index >= 15 is 0 Å². The Morgan fingerprint density at radius 3 is 2.45 bits per heavy atom. The van der Waals surface area contributed by atoms with Crippen LogP contribution >= 0.6 is 0 Å². The molecule has 0 aliphatic heterocycles. The minimum Gasteiger partial charge on any atom is -0.493 e. The van der Waals surface area contributed by atoms with Gasteiger partial charge in [-0.1, -0.05) is 6.58 Å². The van der Waals surface area contributed by atoms with Crippen LogP contribution in [0.5, 0.6) is 11.5 Å². The van der Waals surface area contributed by atoms with Crippen molar-refractivity contribution >= 4 is 5.97 Å². The number of benzene rings is 1. The molecule has 20 heavy (non-hydrogen) atoms. The Morgan fingerprint density at radius 1 is 1.25 bits per heavy atom. The molecule has 106 valence electrons. The van der Waals surface area contributed by atoms with E-state index in [0.29, 0.717) is 0 Å². The largest absolute Gasteiger partial charge is 0.493 e. The van der Waals surface area contributed by atoms with Crippen LogP contribution in [0.2, 0.25) is 0 Å². The standard InChI is InChI=1S/C14H12F2O4/c1-8-6-12(14(8,15)16)20-11-7-9(13(17)19-3)4-5-10(11)18-2/h4-7H,1H2,2-3H3. The van der Waals surface area contributed by atoms with Crippen molar-refractivity contribution in [1.82, 2.24) is 0 Å². The molecule has 2 rings (SSSR count). The van der Waals surface area contributed by atoms with Gasteiger partial charge in [-0.25, -0.2) is 4.79 Å². The zero-order valence-corrected chi connectivity index (χ0v) is 10.9. The van der Waals surface area contributed by atoms with E-state index < -0.39 is 17.7 Å². The number of carbonyl (C=O) groups excluding carboxylic acids is 1. The summed E-state index contributed by atoms with van der Waals surface area (Å²) in [6.07, 6.45) is 1.13. The fourth-order valence-corrected chi connectivity index (χ4v) is 1.63. The average molecular weight is 282 g/mol. The molecule has 1 aromatic carbocycles. The smallest absolute Gasteiger partial charge is 0.337 e. The predicted octanol–water partition coefficient (Wildman–Crippen LogP) is 2.95. The van der Waals surface area contributed by atoms with Gasteiger partial charge in [0.2, 0.25) is 0 Å². The second-order valence-corrected chi connectivity index (χ2v) is 4.07. The molecular weight excluding hydrogens is 270 g/mol. The minimum absolute atomic E-state index is 0.00817. The molecule has 0 bridgehead atoms.